The van der Waals surface area contributed by atoms with Crippen LogP contribution in [-0.2, 0) is 4.74 Å². The predicted molar refractivity (Wildman–Crippen MR) is 117 cm³/mol. The maximum absolute atomic E-state index is 5.55. The van der Waals surface area contributed by atoms with Crippen molar-refractivity contribution in [3.63, 3.8) is 0 Å². The summed E-state index contributed by atoms with van der Waals surface area (Å²) in [4.78, 5) is 4.66. The Labute approximate surface area is 173 Å². The van der Waals surface area contributed by atoms with Crippen LogP contribution in [0.2, 0.25) is 0 Å². The molecule has 0 saturated heterocycles. The molecule has 0 spiro atoms. The molecule has 0 atom stereocenters. The first-order chi connectivity index (χ1) is 12.3. The Morgan fingerprint density at radius 1 is 1.27 bits per heavy atom. The lowest BCUT2D eigenvalue weighted by molar-refractivity contribution is 0.153. The molecule has 7 heteroatoms. The Morgan fingerprint density at radius 3 is 2.77 bits per heavy atom. The van der Waals surface area contributed by atoms with Crippen molar-refractivity contribution in [2.75, 3.05) is 45.3 Å². The van der Waals surface area contributed by atoms with Crippen LogP contribution in [0.25, 0.3) is 0 Å². The van der Waals surface area contributed by atoms with Crippen LogP contribution in [0, 0.1) is 0 Å². The highest BCUT2D eigenvalue weighted by atomic mass is 127. The van der Waals surface area contributed by atoms with Crippen LogP contribution in [0.3, 0.4) is 0 Å². The van der Waals surface area contributed by atoms with Crippen LogP contribution in [0.1, 0.15) is 26.7 Å². The van der Waals surface area contributed by atoms with Crippen LogP contribution in [0.5, 0.6) is 11.5 Å². The second-order valence-corrected chi connectivity index (χ2v) is 5.62. The molecular formula is C19H30IN3O3. The van der Waals surface area contributed by atoms with E-state index in [0.29, 0.717) is 12.4 Å². The van der Waals surface area contributed by atoms with E-state index in [0.717, 1.165) is 56.5 Å². The van der Waals surface area contributed by atoms with Gasteiger partial charge in [0.15, 0.2) is 17.5 Å². The van der Waals surface area contributed by atoms with Gasteiger partial charge >= 0.3 is 0 Å². The fraction of sp³-hybridized carbons (Fsp3) is 0.526. The number of anilines is 1. The van der Waals surface area contributed by atoms with Gasteiger partial charge in [0, 0.05) is 24.8 Å². The SMILES string of the molecule is CCNC(=NCCC1=CCOCC1)Nc1ccc(OCC)c(OC)c1.I. The summed E-state index contributed by atoms with van der Waals surface area (Å²) in [6.07, 6.45) is 4.14. The molecule has 0 radical (unpaired) electrons. The van der Waals surface area contributed by atoms with Crippen molar-refractivity contribution in [1.29, 1.82) is 0 Å². The second-order valence-electron chi connectivity index (χ2n) is 5.62. The molecule has 26 heavy (non-hydrogen) atoms. The number of nitrogens with one attached hydrogen (secondary N) is 2. The Hall–Kier alpha value is -1.48. The Kier molecular flexibility index (Phi) is 11.1. The summed E-state index contributed by atoms with van der Waals surface area (Å²) in [6, 6.07) is 5.78. The van der Waals surface area contributed by atoms with Crippen molar-refractivity contribution in [3.05, 3.63) is 29.8 Å². The van der Waals surface area contributed by atoms with Crippen molar-refractivity contribution in [3.8, 4) is 11.5 Å². The molecule has 2 N–H and O–H groups in total. The topological polar surface area (TPSA) is 64.1 Å². The molecule has 0 aromatic heterocycles. The van der Waals surface area contributed by atoms with E-state index in [1.165, 1.54) is 5.57 Å². The molecule has 1 aliphatic rings. The predicted octanol–water partition coefficient (Wildman–Crippen LogP) is 3.83. The van der Waals surface area contributed by atoms with Gasteiger partial charge in [-0.15, -0.1) is 24.0 Å². The van der Waals surface area contributed by atoms with Gasteiger partial charge in [0.05, 0.1) is 26.9 Å². The Balaban J connectivity index is 0.00000338. The quantitative estimate of drug-likeness (QED) is 0.259. The van der Waals surface area contributed by atoms with Gasteiger partial charge < -0.3 is 24.8 Å². The normalized spacial score (nSPS) is 14.1. The van der Waals surface area contributed by atoms with Crippen LogP contribution in [0.15, 0.2) is 34.8 Å². The molecule has 1 aliphatic heterocycles. The van der Waals surface area contributed by atoms with Crippen LogP contribution in [0.4, 0.5) is 5.69 Å². The first-order valence-electron chi connectivity index (χ1n) is 8.88. The van der Waals surface area contributed by atoms with E-state index in [1.807, 2.05) is 25.1 Å². The lowest BCUT2D eigenvalue weighted by atomic mass is 10.1. The lowest BCUT2D eigenvalue weighted by Crippen LogP contribution is -2.30. The van der Waals surface area contributed by atoms with Crippen molar-refractivity contribution in [1.82, 2.24) is 5.32 Å². The van der Waals surface area contributed by atoms with Gasteiger partial charge in [-0.25, -0.2) is 0 Å². The standard InChI is InChI=1S/C19H29N3O3.HI/c1-4-20-19(21-11-8-15-9-12-24-13-10-15)22-16-6-7-17(25-5-2)18(14-16)23-3;/h6-7,9,14H,4-5,8,10-13H2,1-3H3,(H2,20,21,22);1H. The van der Waals surface area contributed by atoms with E-state index < -0.39 is 0 Å². The van der Waals surface area contributed by atoms with E-state index in [1.54, 1.807) is 7.11 Å². The van der Waals surface area contributed by atoms with E-state index >= 15 is 0 Å². The molecule has 0 unspecified atom stereocenters. The van der Waals surface area contributed by atoms with Crippen molar-refractivity contribution in [2.24, 2.45) is 4.99 Å². The third-order valence-electron chi connectivity index (χ3n) is 3.83. The van der Waals surface area contributed by atoms with Gasteiger partial charge in [-0.2, -0.15) is 0 Å². The fourth-order valence-corrected chi connectivity index (χ4v) is 2.57. The molecule has 146 valence electrons. The highest BCUT2D eigenvalue weighted by Gasteiger charge is 2.07. The summed E-state index contributed by atoms with van der Waals surface area (Å²) in [5.41, 5.74) is 2.33. The molecule has 0 saturated carbocycles. The van der Waals surface area contributed by atoms with Crippen LogP contribution < -0.4 is 20.1 Å². The van der Waals surface area contributed by atoms with E-state index in [2.05, 4.69) is 28.6 Å². The second kappa shape index (κ2) is 12.8. The zero-order valence-corrected chi connectivity index (χ0v) is 18.2. The van der Waals surface area contributed by atoms with Crippen molar-refractivity contribution >= 4 is 35.6 Å². The molecule has 2 rings (SSSR count). The highest BCUT2D eigenvalue weighted by Crippen LogP contribution is 2.30. The number of halogens is 1. The molecule has 0 fully saturated rings. The van der Waals surface area contributed by atoms with Gasteiger partial charge in [0.25, 0.3) is 0 Å². The largest absolute Gasteiger partial charge is 0.493 e. The van der Waals surface area contributed by atoms with E-state index in [9.17, 15) is 0 Å². The van der Waals surface area contributed by atoms with E-state index in [4.69, 9.17) is 14.2 Å². The van der Waals surface area contributed by atoms with Crippen molar-refractivity contribution in [2.45, 2.75) is 26.7 Å². The molecule has 0 aliphatic carbocycles. The highest BCUT2D eigenvalue weighted by molar-refractivity contribution is 14.0. The van der Waals surface area contributed by atoms with Gasteiger partial charge in [-0.3, -0.25) is 4.99 Å². The monoisotopic (exact) mass is 475 g/mol. The molecule has 1 heterocycles. The molecule has 6 nitrogen and oxygen atoms in total. The van der Waals surface area contributed by atoms with Gasteiger partial charge in [-0.1, -0.05) is 11.6 Å². The Morgan fingerprint density at radius 2 is 2.12 bits per heavy atom. The molecule has 1 aromatic rings. The maximum Gasteiger partial charge on any atom is 0.195 e. The number of rotatable bonds is 8. The summed E-state index contributed by atoms with van der Waals surface area (Å²) in [5.74, 6) is 2.21. The number of ether oxygens (including phenoxy) is 3. The van der Waals surface area contributed by atoms with Gasteiger partial charge in [0.1, 0.15) is 0 Å². The minimum absolute atomic E-state index is 0. The smallest absolute Gasteiger partial charge is 0.195 e. The Bertz CT molecular complexity index is 606. The first-order valence-corrected chi connectivity index (χ1v) is 8.88. The average Bonchev–Trinajstić information content (AvgIpc) is 2.64. The first kappa shape index (κ1) is 22.6. The summed E-state index contributed by atoms with van der Waals surface area (Å²) in [7, 11) is 1.64. The summed E-state index contributed by atoms with van der Waals surface area (Å²) < 4.78 is 16.3. The number of aliphatic imine (C=N–C) groups is 1. The number of methoxy groups -OCH3 is 1. The zero-order valence-electron chi connectivity index (χ0n) is 15.8. The van der Waals surface area contributed by atoms with Crippen molar-refractivity contribution < 1.29 is 14.2 Å². The van der Waals surface area contributed by atoms with Crippen LogP contribution >= 0.6 is 24.0 Å². The number of hydrogen-bond acceptors (Lipinski definition) is 4. The van der Waals surface area contributed by atoms with Crippen LogP contribution in [-0.4, -0.2) is 46.0 Å². The molecule has 1 aromatic carbocycles. The maximum atomic E-state index is 5.55. The fourth-order valence-electron chi connectivity index (χ4n) is 2.57. The zero-order chi connectivity index (χ0) is 17.9. The van der Waals surface area contributed by atoms with Gasteiger partial charge in [-0.05, 0) is 38.8 Å². The summed E-state index contributed by atoms with van der Waals surface area (Å²) >= 11 is 0. The van der Waals surface area contributed by atoms with E-state index in [-0.39, 0.29) is 24.0 Å². The minimum atomic E-state index is 0. The lowest BCUT2D eigenvalue weighted by Gasteiger charge is -2.15. The number of guanidine groups is 1. The average molecular weight is 475 g/mol. The number of benzene rings is 1. The molecule has 0 bridgehead atoms. The minimum Gasteiger partial charge on any atom is -0.493 e. The summed E-state index contributed by atoms with van der Waals surface area (Å²) in [5, 5.41) is 6.59. The molecular weight excluding hydrogens is 445 g/mol. The third kappa shape index (κ3) is 7.41. The number of hydrogen-bond donors (Lipinski definition) is 2. The molecule has 0 amide bonds. The summed E-state index contributed by atoms with van der Waals surface area (Å²) in [6.45, 7) is 7.70. The number of nitrogens with zero attached hydrogens (tertiary/aromatic N) is 1. The third-order valence-corrected chi connectivity index (χ3v) is 3.83. The van der Waals surface area contributed by atoms with Gasteiger partial charge in [0.2, 0.25) is 0 Å².